The van der Waals surface area contributed by atoms with Gasteiger partial charge in [0.15, 0.2) is 0 Å². The first-order valence-corrected chi connectivity index (χ1v) is 9.01. The van der Waals surface area contributed by atoms with Crippen molar-refractivity contribution in [3.63, 3.8) is 0 Å². The molecule has 0 aromatic heterocycles. The normalized spacial score (nSPS) is 17.1. The number of nitrogens with one attached hydrogen (secondary N) is 1. The number of thioether (sulfide) groups is 1. The van der Waals surface area contributed by atoms with Crippen molar-refractivity contribution >= 4 is 23.6 Å². The molecule has 2 aromatic rings. The quantitative estimate of drug-likeness (QED) is 0.910. The van der Waals surface area contributed by atoms with E-state index in [1.165, 1.54) is 5.56 Å². The summed E-state index contributed by atoms with van der Waals surface area (Å²) < 4.78 is 0. The lowest BCUT2D eigenvalue weighted by Gasteiger charge is -2.24. The number of nitrogens with zero attached hydrogens (tertiary/aromatic N) is 1. The Labute approximate surface area is 146 Å². The van der Waals surface area contributed by atoms with Gasteiger partial charge in [0.1, 0.15) is 5.37 Å². The molecule has 0 unspecified atom stereocenters. The van der Waals surface area contributed by atoms with Crippen molar-refractivity contribution < 1.29 is 9.59 Å². The van der Waals surface area contributed by atoms with Crippen LogP contribution in [-0.2, 0) is 11.2 Å². The minimum Gasteiger partial charge on any atom is -0.355 e. The molecule has 1 fully saturated rings. The molecular formula is C19H20N2O2S. The minimum atomic E-state index is -0.0994. The fourth-order valence-corrected chi connectivity index (χ4v) is 4.03. The second-order valence-corrected chi connectivity index (χ2v) is 6.76. The molecule has 1 N–H and O–H groups in total. The van der Waals surface area contributed by atoms with Gasteiger partial charge in [-0.15, -0.1) is 11.8 Å². The standard InChI is InChI=1S/C19H20N2O2S/c1-20-18(23)15-7-9-16(10-8-15)19-21(17(22)13-24-19)12-11-14-5-3-2-4-6-14/h2-10,19H,11-13H2,1H3,(H,20,23)/t19-/m0/s1. The molecule has 124 valence electrons. The number of hydrogen-bond donors (Lipinski definition) is 1. The largest absolute Gasteiger partial charge is 0.355 e. The monoisotopic (exact) mass is 340 g/mol. The smallest absolute Gasteiger partial charge is 0.251 e. The molecule has 0 saturated carbocycles. The van der Waals surface area contributed by atoms with Gasteiger partial charge in [-0.1, -0.05) is 42.5 Å². The van der Waals surface area contributed by atoms with Crippen LogP contribution < -0.4 is 5.32 Å². The van der Waals surface area contributed by atoms with E-state index in [0.717, 1.165) is 12.0 Å². The fourth-order valence-electron chi connectivity index (χ4n) is 2.81. The van der Waals surface area contributed by atoms with E-state index in [9.17, 15) is 9.59 Å². The Hall–Kier alpha value is -2.27. The topological polar surface area (TPSA) is 49.4 Å². The van der Waals surface area contributed by atoms with Crippen molar-refractivity contribution in [1.82, 2.24) is 10.2 Å². The maximum absolute atomic E-state index is 12.2. The van der Waals surface area contributed by atoms with Gasteiger partial charge in [0.25, 0.3) is 5.91 Å². The number of carbonyl (C=O) groups excluding carboxylic acids is 2. The van der Waals surface area contributed by atoms with E-state index >= 15 is 0 Å². The Morgan fingerprint density at radius 1 is 1.17 bits per heavy atom. The average molecular weight is 340 g/mol. The third-order valence-corrected chi connectivity index (χ3v) is 5.39. The van der Waals surface area contributed by atoms with Gasteiger partial charge in [0.2, 0.25) is 5.91 Å². The van der Waals surface area contributed by atoms with Crippen LogP contribution >= 0.6 is 11.8 Å². The lowest BCUT2D eigenvalue weighted by molar-refractivity contribution is -0.128. The van der Waals surface area contributed by atoms with Gasteiger partial charge in [0, 0.05) is 19.2 Å². The second kappa shape index (κ2) is 7.53. The third kappa shape index (κ3) is 3.62. The van der Waals surface area contributed by atoms with Crippen LogP contribution in [0.5, 0.6) is 0 Å². The van der Waals surface area contributed by atoms with Gasteiger partial charge in [-0.2, -0.15) is 0 Å². The Morgan fingerprint density at radius 3 is 2.54 bits per heavy atom. The van der Waals surface area contributed by atoms with E-state index in [4.69, 9.17) is 0 Å². The maximum atomic E-state index is 12.2. The zero-order chi connectivity index (χ0) is 16.9. The summed E-state index contributed by atoms with van der Waals surface area (Å²) in [6, 6.07) is 17.7. The highest BCUT2D eigenvalue weighted by atomic mass is 32.2. The van der Waals surface area contributed by atoms with Crippen LogP contribution in [0, 0.1) is 0 Å². The lowest BCUT2D eigenvalue weighted by Crippen LogP contribution is -2.30. The first-order valence-electron chi connectivity index (χ1n) is 7.96. The maximum Gasteiger partial charge on any atom is 0.251 e. The molecule has 1 heterocycles. The van der Waals surface area contributed by atoms with E-state index in [1.54, 1.807) is 18.8 Å². The molecule has 1 aliphatic heterocycles. The Bertz CT molecular complexity index is 716. The van der Waals surface area contributed by atoms with E-state index in [2.05, 4.69) is 17.4 Å². The first-order chi connectivity index (χ1) is 11.7. The van der Waals surface area contributed by atoms with Crippen LogP contribution in [0.15, 0.2) is 54.6 Å². The van der Waals surface area contributed by atoms with Gasteiger partial charge in [-0.25, -0.2) is 0 Å². The molecule has 2 aromatic carbocycles. The summed E-state index contributed by atoms with van der Waals surface area (Å²) >= 11 is 1.64. The van der Waals surface area contributed by atoms with Crippen LogP contribution in [-0.4, -0.2) is 36.1 Å². The fraction of sp³-hybridized carbons (Fsp3) is 0.263. The summed E-state index contributed by atoms with van der Waals surface area (Å²) in [5.74, 6) is 0.588. The van der Waals surface area contributed by atoms with E-state index in [0.29, 0.717) is 17.9 Å². The second-order valence-electron chi connectivity index (χ2n) is 5.69. The molecular weight excluding hydrogens is 320 g/mol. The predicted molar refractivity (Wildman–Crippen MR) is 96.9 cm³/mol. The van der Waals surface area contributed by atoms with Crippen molar-refractivity contribution in [1.29, 1.82) is 0 Å². The lowest BCUT2D eigenvalue weighted by atomic mass is 10.1. The van der Waals surface area contributed by atoms with E-state index in [-0.39, 0.29) is 17.2 Å². The van der Waals surface area contributed by atoms with Gasteiger partial charge in [-0.05, 0) is 29.7 Å². The zero-order valence-electron chi connectivity index (χ0n) is 13.6. The van der Waals surface area contributed by atoms with Crippen molar-refractivity contribution in [3.8, 4) is 0 Å². The SMILES string of the molecule is CNC(=O)c1ccc([C@@H]2SCC(=O)N2CCc2ccccc2)cc1. The number of amides is 2. The van der Waals surface area contributed by atoms with Crippen molar-refractivity contribution in [2.24, 2.45) is 0 Å². The molecule has 1 atom stereocenters. The molecule has 0 spiro atoms. The Kier molecular flexibility index (Phi) is 5.20. The molecule has 0 aliphatic carbocycles. The molecule has 2 amide bonds. The highest BCUT2D eigenvalue weighted by Crippen LogP contribution is 2.38. The number of rotatable bonds is 5. The van der Waals surface area contributed by atoms with Gasteiger partial charge in [0.05, 0.1) is 5.75 Å². The highest BCUT2D eigenvalue weighted by molar-refractivity contribution is 8.00. The summed E-state index contributed by atoms with van der Waals surface area (Å²) in [5.41, 5.74) is 2.92. The summed E-state index contributed by atoms with van der Waals surface area (Å²) in [4.78, 5) is 25.8. The summed E-state index contributed by atoms with van der Waals surface area (Å²) in [5, 5.41) is 2.64. The van der Waals surface area contributed by atoms with Gasteiger partial charge in [-0.3, -0.25) is 9.59 Å². The summed E-state index contributed by atoms with van der Waals surface area (Å²) in [6.07, 6.45) is 0.847. The summed E-state index contributed by atoms with van der Waals surface area (Å²) in [7, 11) is 1.62. The molecule has 0 bridgehead atoms. The third-order valence-electron chi connectivity index (χ3n) is 4.14. The minimum absolute atomic E-state index is 0.0277. The van der Waals surface area contributed by atoms with E-state index in [1.807, 2.05) is 47.4 Å². The van der Waals surface area contributed by atoms with Crippen LogP contribution in [0.1, 0.15) is 26.9 Å². The molecule has 5 heteroatoms. The predicted octanol–water partition coefficient (Wildman–Crippen LogP) is 2.86. The average Bonchev–Trinajstić information content (AvgIpc) is 3.01. The Balaban J connectivity index is 1.71. The summed E-state index contributed by atoms with van der Waals surface area (Å²) in [6.45, 7) is 0.706. The van der Waals surface area contributed by atoms with Gasteiger partial charge >= 0.3 is 0 Å². The van der Waals surface area contributed by atoms with Crippen molar-refractivity contribution in [2.45, 2.75) is 11.8 Å². The molecule has 4 nitrogen and oxygen atoms in total. The van der Waals surface area contributed by atoms with Crippen LogP contribution in [0.25, 0.3) is 0 Å². The highest BCUT2D eigenvalue weighted by Gasteiger charge is 2.32. The van der Waals surface area contributed by atoms with Crippen LogP contribution in [0.2, 0.25) is 0 Å². The van der Waals surface area contributed by atoms with Crippen molar-refractivity contribution in [2.75, 3.05) is 19.3 Å². The molecule has 1 aliphatic rings. The molecule has 1 saturated heterocycles. The first kappa shape index (κ1) is 16.6. The molecule has 24 heavy (non-hydrogen) atoms. The number of hydrogen-bond acceptors (Lipinski definition) is 3. The van der Waals surface area contributed by atoms with Crippen LogP contribution in [0.4, 0.5) is 0 Å². The van der Waals surface area contributed by atoms with Gasteiger partial charge < -0.3 is 10.2 Å². The number of benzene rings is 2. The molecule has 0 radical (unpaired) electrons. The number of carbonyl (C=O) groups is 2. The Morgan fingerprint density at radius 2 is 1.88 bits per heavy atom. The van der Waals surface area contributed by atoms with E-state index < -0.39 is 0 Å². The molecule has 3 rings (SSSR count). The van der Waals surface area contributed by atoms with Crippen LogP contribution in [0.3, 0.4) is 0 Å². The van der Waals surface area contributed by atoms with Crippen molar-refractivity contribution in [3.05, 3.63) is 71.3 Å². The zero-order valence-corrected chi connectivity index (χ0v) is 14.4.